The van der Waals surface area contributed by atoms with Crippen LogP contribution in [0.2, 0.25) is 4.34 Å². The van der Waals surface area contributed by atoms with Crippen molar-refractivity contribution in [1.82, 2.24) is 0 Å². The van der Waals surface area contributed by atoms with Gasteiger partial charge in [-0.05, 0) is 35.8 Å². The van der Waals surface area contributed by atoms with E-state index >= 15 is 0 Å². The zero-order valence-corrected chi connectivity index (χ0v) is 9.48. The van der Waals surface area contributed by atoms with E-state index in [9.17, 15) is 0 Å². The monoisotopic (exact) mass is 231 g/mol. The Morgan fingerprint density at radius 1 is 1.50 bits per heavy atom. The van der Waals surface area contributed by atoms with E-state index in [2.05, 4.69) is 0 Å². The van der Waals surface area contributed by atoms with Gasteiger partial charge in [-0.1, -0.05) is 11.6 Å². The highest BCUT2D eigenvalue weighted by Gasteiger charge is 2.24. The van der Waals surface area contributed by atoms with E-state index in [1.54, 1.807) is 11.3 Å². The van der Waals surface area contributed by atoms with Crippen molar-refractivity contribution < 1.29 is 4.74 Å². The van der Waals surface area contributed by atoms with Crippen LogP contribution in [-0.2, 0) is 4.74 Å². The molecule has 2 N–H and O–H groups in total. The Balaban J connectivity index is 2.07. The van der Waals surface area contributed by atoms with Crippen molar-refractivity contribution in [2.24, 2.45) is 11.7 Å². The molecule has 1 aliphatic rings. The fraction of sp³-hybridized carbons (Fsp3) is 0.600. The van der Waals surface area contributed by atoms with E-state index in [-0.39, 0.29) is 6.04 Å². The molecule has 2 rings (SSSR count). The zero-order valence-electron chi connectivity index (χ0n) is 7.91. The minimum Gasteiger partial charge on any atom is -0.381 e. The van der Waals surface area contributed by atoms with Gasteiger partial charge in [-0.3, -0.25) is 0 Å². The number of thiophene rings is 1. The molecule has 1 aromatic rings. The molecule has 0 aliphatic carbocycles. The van der Waals surface area contributed by atoms with Crippen LogP contribution in [0.1, 0.15) is 24.4 Å². The molecule has 0 aromatic carbocycles. The molecule has 1 aliphatic heterocycles. The number of ether oxygens (including phenoxy) is 1. The number of hydrogen-bond donors (Lipinski definition) is 1. The molecule has 2 nitrogen and oxygen atoms in total. The van der Waals surface area contributed by atoms with Gasteiger partial charge in [0.15, 0.2) is 0 Å². The molecule has 0 spiro atoms. The lowest BCUT2D eigenvalue weighted by molar-refractivity contribution is 0.0584. The molecular formula is C10H14ClNOS. The molecule has 4 heteroatoms. The van der Waals surface area contributed by atoms with Gasteiger partial charge in [0, 0.05) is 19.3 Å². The fourth-order valence-corrected chi connectivity index (χ4v) is 2.89. The second-order valence-electron chi connectivity index (χ2n) is 3.63. The van der Waals surface area contributed by atoms with Crippen molar-refractivity contribution in [1.29, 1.82) is 0 Å². The number of halogens is 1. The molecule has 0 amide bonds. The van der Waals surface area contributed by atoms with Gasteiger partial charge in [0.05, 0.1) is 4.34 Å². The standard InChI is InChI=1S/C10H14ClNOS/c11-10-8(3-6-14-10)9(12)7-1-4-13-5-2-7/h3,6-7,9H,1-2,4-5,12H2. The maximum atomic E-state index is 6.18. The molecule has 2 heterocycles. The molecule has 0 bridgehead atoms. The predicted octanol–water partition coefficient (Wildman–Crippen LogP) is 2.83. The summed E-state index contributed by atoms with van der Waals surface area (Å²) >= 11 is 7.61. The third-order valence-electron chi connectivity index (χ3n) is 2.78. The smallest absolute Gasteiger partial charge is 0.0976 e. The maximum absolute atomic E-state index is 6.18. The van der Waals surface area contributed by atoms with E-state index in [0.29, 0.717) is 5.92 Å². The molecule has 1 saturated heterocycles. The Labute approximate surface area is 93.0 Å². The molecule has 1 aromatic heterocycles. The quantitative estimate of drug-likeness (QED) is 0.850. The normalized spacial score (nSPS) is 21.0. The van der Waals surface area contributed by atoms with Gasteiger partial charge >= 0.3 is 0 Å². The van der Waals surface area contributed by atoms with E-state index in [1.165, 1.54) is 0 Å². The lowest BCUT2D eigenvalue weighted by Crippen LogP contribution is -2.27. The summed E-state index contributed by atoms with van der Waals surface area (Å²) in [6.45, 7) is 1.67. The lowest BCUT2D eigenvalue weighted by atomic mass is 9.89. The first-order valence-corrected chi connectivity index (χ1v) is 6.11. The van der Waals surface area contributed by atoms with Gasteiger partial charge in [0.1, 0.15) is 0 Å². The van der Waals surface area contributed by atoms with Gasteiger partial charge in [-0.25, -0.2) is 0 Å². The van der Waals surface area contributed by atoms with Gasteiger partial charge < -0.3 is 10.5 Å². The average molecular weight is 232 g/mol. The fourth-order valence-electron chi connectivity index (χ4n) is 1.87. The summed E-state index contributed by atoms with van der Waals surface area (Å²) < 4.78 is 6.15. The SMILES string of the molecule is NC(c1ccsc1Cl)C1CCOCC1. The number of rotatable bonds is 2. The Kier molecular flexibility index (Phi) is 3.44. The average Bonchev–Trinajstić information content (AvgIpc) is 2.65. The van der Waals surface area contributed by atoms with Crippen molar-refractivity contribution in [3.63, 3.8) is 0 Å². The second-order valence-corrected chi connectivity index (χ2v) is 5.14. The van der Waals surface area contributed by atoms with E-state index in [1.807, 2.05) is 11.4 Å². The Morgan fingerprint density at radius 3 is 2.79 bits per heavy atom. The Morgan fingerprint density at radius 2 is 2.21 bits per heavy atom. The van der Waals surface area contributed by atoms with Crippen LogP contribution in [0.5, 0.6) is 0 Å². The summed E-state index contributed by atoms with van der Waals surface area (Å²) in [6.07, 6.45) is 2.10. The Bertz CT molecular complexity index is 296. The van der Waals surface area contributed by atoms with Crippen molar-refractivity contribution >= 4 is 22.9 Å². The molecule has 1 unspecified atom stereocenters. The highest BCUT2D eigenvalue weighted by Crippen LogP contribution is 2.34. The van der Waals surface area contributed by atoms with Crippen molar-refractivity contribution in [2.75, 3.05) is 13.2 Å². The summed E-state index contributed by atoms with van der Waals surface area (Å²) in [4.78, 5) is 0. The van der Waals surface area contributed by atoms with E-state index in [0.717, 1.165) is 36.0 Å². The highest BCUT2D eigenvalue weighted by atomic mass is 35.5. The van der Waals surface area contributed by atoms with E-state index < -0.39 is 0 Å². The predicted molar refractivity (Wildman–Crippen MR) is 59.8 cm³/mol. The van der Waals surface area contributed by atoms with Gasteiger partial charge in [0.2, 0.25) is 0 Å². The first-order chi connectivity index (χ1) is 6.79. The Hall–Kier alpha value is -0.0900. The lowest BCUT2D eigenvalue weighted by Gasteiger charge is -2.27. The third kappa shape index (κ3) is 2.11. The summed E-state index contributed by atoms with van der Waals surface area (Å²) in [7, 11) is 0. The molecule has 1 atom stereocenters. The number of nitrogens with two attached hydrogens (primary N) is 1. The van der Waals surface area contributed by atoms with Gasteiger partial charge in [-0.2, -0.15) is 0 Å². The van der Waals surface area contributed by atoms with Crippen LogP contribution in [-0.4, -0.2) is 13.2 Å². The maximum Gasteiger partial charge on any atom is 0.0976 e. The van der Waals surface area contributed by atoms with Crippen LogP contribution in [0.25, 0.3) is 0 Å². The highest BCUT2D eigenvalue weighted by molar-refractivity contribution is 7.14. The van der Waals surface area contributed by atoms with Crippen molar-refractivity contribution in [2.45, 2.75) is 18.9 Å². The third-order valence-corrected chi connectivity index (χ3v) is 3.98. The number of hydrogen-bond acceptors (Lipinski definition) is 3. The molecule has 0 radical (unpaired) electrons. The summed E-state index contributed by atoms with van der Waals surface area (Å²) in [5.74, 6) is 0.524. The van der Waals surface area contributed by atoms with Gasteiger partial charge in [0.25, 0.3) is 0 Å². The van der Waals surface area contributed by atoms with Crippen molar-refractivity contribution in [3.05, 3.63) is 21.3 Å². The summed E-state index contributed by atoms with van der Waals surface area (Å²) in [5, 5.41) is 2.00. The first-order valence-electron chi connectivity index (χ1n) is 4.85. The summed E-state index contributed by atoms with van der Waals surface area (Å²) in [5.41, 5.74) is 7.28. The first kappa shape index (κ1) is 10.4. The molecular weight excluding hydrogens is 218 g/mol. The van der Waals surface area contributed by atoms with Crippen LogP contribution < -0.4 is 5.73 Å². The van der Waals surface area contributed by atoms with Crippen LogP contribution in [0, 0.1) is 5.92 Å². The zero-order chi connectivity index (χ0) is 9.97. The molecule has 14 heavy (non-hydrogen) atoms. The summed E-state index contributed by atoms with van der Waals surface area (Å²) in [6, 6.07) is 2.12. The van der Waals surface area contributed by atoms with Crippen molar-refractivity contribution in [3.8, 4) is 0 Å². The van der Waals surface area contributed by atoms with Gasteiger partial charge in [-0.15, -0.1) is 11.3 Å². The second kappa shape index (κ2) is 4.62. The van der Waals surface area contributed by atoms with Crippen LogP contribution >= 0.6 is 22.9 Å². The van der Waals surface area contributed by atoms with Crippen LogP contribution in [0.15, 0.2) is 11.4 Å². The van der Waals surface area contributed by atoms with Crippen LogP contribution in [0.3, 0.4) is 0 Å². The molecule has 1 fully saturated rings. The molecule has 0 saturated carbocycles. The van der Waals surface area contributed by atoms with Crippen LogP contribution in [0.4, 0.5) is 0 Å². The molecule has 78 valence electrons. The van der Waals surface area contributed by atoms with E-state index in [4.69, 9.17) is 22.1 Å². The minimum absolute atomic E-state index is 0.0812. The topological polar surface area (TPSA) is 35.2 Å². The minimum atomic E-state index is 0.0812. The largest absolute Gasteiger partial charge is 0.381 e.